The molecule has 4 aromatic rings. The molecular weight excluding hydrogens is 433 g/mol. The summed E-state index contributed by atoms with van der Waals surface area (Å²) in [5.41, 5.74) is 1.91. The highest BCUT2D eigenvalue weighted by molar-refractivity contribution is 5.70. The van der Waals surface area contributed by atoms with Gasteiger partial charge in [0.15, 0.2) is 0 Å². The molecule has 2 N–H and O–H groups in total. The van der Waals surface area contributed by atoms with Crippen molar-refractivity contribution in [3.05, 3.63) is 78.6 Å². The smallest absolute Gasteiger partial charge is 0.368 e. The number of hydrogen-bond acceptors (Lipinski definition) is 7. The van der Waals surface area contributed by atoms with E-state index in [-0.39, 0.29) is 0 Å². The van der Waals surface area contributed by atoms with Crippen LogP contribution >= 0.6 is 0 Å². The van der Waals surface area contributed by atoms with E-state index in [9.17, 15) is 13.2 Å². The summed E-state index contributed by atoms with van der Waals surface area (Å²) < 4.78 is 39.7. The molecule has 0 radical (unpaired) electrons. The molecule has 0 spiro atoms. The van der Waals surface area contributed by atoms with Crippen LogP contribution in [0.1, 0.15) is 11.1 Å². The zero-order chi connectivity index (χ0) is 23.3. The summed E-state index contributed by atoms with van der Waals surface area (Å²) in [5.74, 6) is 0.708. The maximum atomic E-state index is 12.6. The molecule has 11 heteroatoms. The Balaban J connectivity index is 1.45. The second kappa shape index (κ2) is 9.35. The van der Waals surface area contributed by atoms with Gasteiger partial charge in [-0.3, -0.25) is 0 Å². The summed E-state index contributed by atoms with van der Waals surface area (Å²) in [6.45, 7) is 0.789. The zero-order valence-corrected chi connectivity index (χ0v) is 17.1. The third kappa shape index (κ3) is 5.24. The molecule has 0 saturated heterocycles. The fourth-order valence-electron chi connectivity index (χ4n) is 3.00. The molecule has 33 heavy (non-hydrogen) atoms. The average molecular weight is 450 g/mol. The molecule has 4 rings (SSSR count). The quantitative estimate of drug-likeness (QED) is 0.408. The maximum absolute atomic E-state index is 12.6. The number of imidazole rings is 1. The number of nitrogens with one attached hydrogen (secondary N) is 2. The van der Waals surface area contributed by atoms with Crippen LogP contribution in [0, 0.1) is 11.3 Å². The van der Waals surface area contributed by atoms with Gasteiger partial charge in [0.25, 0.3) is 0 Å². The number of nitriles is 1. The van der Waals surface area contributed by atoms with Gasteiger partial charge >= 0.3 is 6.18 Å². The standard InChI is InChI=1S/C22H17F3N8/c23-22(24,25)17-5-6-19(30-12-17)28-7-8-29-21-31-13-18(33-10-9-27-14-33)20(32-21)16-3-1-15(11-26)2-4-16/h1-6,9-10,12-14H,7-8H2,(H,28,30)(H,29,31,32). The molecule has 3 aromatic heterocycles. The number of aromatic nitrogens is 5. The summed E-state index contributed by atoms with van der Waals surface area (Å²) in [6, 6.07) is 11.4. The van der Waals surface area contributed by atoms with Crippen LogP contribution in [-0.4, -0.2) is 37.6 Å². The van der Waals surface area contributed by atoms with E-state index < -0.39 is 11.7 Å². The van der Waals surface area contributed by atoms with E-state index in [1.807, 2.05) is 12.1 Å². The highest BCUT2D eigenvalue weighted by Gasteiger charge is 2.30. The van der Waals surface area contributed by atoms with Crippen molar-refractivity contribution in [2.24, 2.45) is 0 Å². The number of benzene rings is 1. The van der Waals surface area contributed by atoms with Crippen molar-refractivity contribution in [1.29, 1.82) is 5.26 Å². The molecule has 1 aromatic carbocycles. The molecule has 3 heterocycles. The van der Waals surface area contributed by atoms with Crippen molar-refractivity contribution in [3.8, 4) is 23.0 Å². The Kier molecular flexibility index (Phi) is 6.17. The van der Waals surface area contributed by atoms with Crippen molar-refractivity contribution in [2.75, 3.05) is 23.7 Å². The predicted molar refractivity (Wildman–Crippen MR) is 116 cm³/mol. The minimum absolute atomic E-state index is 0.333. The lowest BCUT2D eigenvalue weighted by molar-refractivity contribution is -0.137. The van der Waals surface area contributed by atoms with E-state index in [2.05, 4.69) is 36.6 Å². The van der Waals surface area contributed by atoms with Gasteiger partial charge in [-0.05, 0) is 24.3 Å². The van der Waals surface area contributed by atoms with Crippen molar-refractivity contribution in [2.45, 2.75) is 6.18 Å². The summed E-state index contributed by atoms with van der Waals surface area (Å²) in [5, 5.41) is 15.1. The highest BCUT2D eigenvalue weighted by Crippen LogP contribution is 2.29. The molecule has 0 aliphatic heterocycles. The van der Waals surface area contributed by atoms with Crippen molar-refractivity contribution >= 4 is 11.8 Å². The molecule has 0 aliphatic rings. The zero-order valence-electron chi connectivity index (χ0n) is 17.1. The van der Waals surface area contributed by atoms with Crippen LogP contribution in [0.15, 0.2) is 67.5 Å². The number of alkyl halides is 3. The van der Waals surface area contributed by atoms with Gasteiger partial charge in [0.2, 0.25) is 5.95 Å². The van der Waals surface area contributed by atoms with E-state index in [4.69, 9.17) is 5.26 Å². The minimum Gasteiger partial charge on any atom is -0.368 e. The van der Waals surface area contributed by atoms with Gasteiger partial charge in [0.05, 0.1) is 41.1 Å². The molecule has 0 atom stereocenters. The average Bonchev–Trinajstić information content (AvgIpc) is 3.36. The van der Waals surface area contributed by atoms with Gasteiger partial charge in [0.1, 0.15) is 5.82 Å². The molecule has 0 unspecified atom stereocenters. The summed E-state index contributed by atoms with van der Waals surface area (Å²) in [4.78, 5) is 16.8. The Bertz CT molecular complexity index is 1250. The highest BCUT2D eigenvalue weighted by atomic mass is 19.4. The Morgan fingerprint density at radius 2 is 1.76 bits per heavy atom. The fourth-order valence-corrected chi connectivity index (χ4v) is 3.00. The third-order valence-corrected chi connectivity index (χ3v) is 4.64. The number of anilines is 2. The number of rotatable bonds is 7. The summed E-state index contributed by atoms with van der Waals surface area (Å²) >= 11 is 0. The van der Waals surface area contributed by atoms with Gasteiger partial charge in [-0.1, -0.05) is 12.1 Å². The molecule has 0 bridgehead atoms. The van der Waals surface area contributed by atoms with Gasteiger partial charge in [-0.15, -0.1) is 0 Å². The van der Waals surface area contributed by atoms with Crippen LogP contribution in [-0.2, 0) is 6.18 Å². The van der Waals surface area contributed by atoms with Crippen LogP contribution in [0.5, 0.6) is 0 Å². The molecular formula is C22H17F3N8. The first-order valence-corrected chi connectivity index (χ1v) is 9.81. The Morgan fingerprint density at radius 1 is 0.970 bits per heavy atom. The lowest BCUT2D eigenvalue weighted by Gasteiger charge is -2.13. The molecule has 0 aliphatic carbocycles. The molecule has 166 valence electrons. The van der Waals surface area contributed by atoms with Crippen LogP contribution in [0.2, 0.25) is 0 Å². The summed E-state index contributed by atoms with van der Waals surface area (Å²) in [7, 11) is 0. The van der Waals surface area contributed by atoms with E-state index in [1.54, 1.807) is 41.6 Å². The van der Waals surface area contributed by atoms with Gasteiger partial charge in [-0.2, -0.15) is 18.4 Å². The van der Waals surface area contributed by atoms with E-state index in [0.29, 0.717) is 36.1 Å². The van der Waals surface area contributed by atoms with E-state index in [0.717, 1.165) is 23.5 Å². The Hall–Kier alpha value is -4.46. The van der Waals surface area contributed by atoms with Gasteiger partial charge in [-0.25, -0.2) is 19.9 Å². The number of halogens is 3. The predicted octanol–water partition coefficient (Wildman–Crippen LogP) is 4.14. The molecule has 0 saturated carbocycles. The van der Waals surface area contributed by atoms with Crippen LogP contribution in [0.3, 0.4) is 0 Å². The number of nitrogens with zero attached hydrogens (tertiary/aromatic N) is 6. The van der Waals surface area contributed by atoms with Crippen LogP contribution in [0.25, 0.3) is 16.9 Å². The van der Waals surface area contributed by atoms with Crippen molar-refractivity contribution in [3.63, 3.8) is 0 Å². The van der Waals surface area contributed by atoms with E-state index in [1.165, 1.54) is 6.07 Å². The second-order valence-electron chi connectivity index (χ2n) is 6.87. The number of hydrogen-bond donors (Lipinski definition) is 2. The fraction of sp³-hybridized carbons (Fsp3) is 0.136. The van der Waals surface area contributed by atoms with E-state index >= 15 is 0 Å². The lowest BCUT2D eigenvalue weighted by Crippen LogP contribution is -2.16. The largest absolute Gasteiger partial charge is 0.417 e. The SMILES string of the molecule is N#Cc1ccc(-c2nc(NCCNc3ccc(C(F)(F)F)cn3)ncc2-n2ccnc2)cc1. The summed E-state index contributed by atoms with van der Waals surface area (Å²) in [6.07, 6.45) is 3.10. The van der Waals surface area contributed by atoms with Crippen molar-refractivity contribution in [1.82, 2.24) is 24.5 Å². The second-order valence-corrected chi connectivity index (χ2v) is 6.87. The first kappa shape index (κ1) is 21.8. The number of pyridine rings is 1. The first-order valence-electron chi connectivity index (χ1n) is 9.81. The molecule has 0 fully saturated rings. The minimum atomic E-state index is -4.42. The topological polar surface area (TPSA) is 104 Å². The Labute approximate surface area is 186 Å². The maximum Gasteiger partial charge on any atom is 0.417 e. The van der Waals surface area contributed by atoms with Gasteiger partial charge in [0, 0.05) is 37.2 Å². The van der Waals surface area contributed by atoms with Crippen molar-refractivity contribution < 1.29 is 13.2 Å². The van der Waals surface area contributed by atoms with Crippen LogP contribution < -0.4 is 10.6 Å². The van der Waals surface area contributed by atoms with Gasteiger partial charge < -0.3 is 15.2 Å². The first-order chi connectivity index (χ1) is 15.9. The molecule has 0 amide bonds. The normalized spacial score (nSPS) is 11.1. The molecule has 8 nitrogen and oxygen atoms in total. The third-order valence-electron chi connectivity index (χ3n) is 4.64. The Morgan fingerprint density at radius 3 is 2.39 bits per heavy atom. The van der Waals surface area contributed by atoms with Crippen LogP contribution in [0.4, 0.5) is 24.9 Å². The monoisotopic (exact) mass is 450 g/mol. The lowest BCUT2D eigenvalue weighted by atomic mass is 10.1.